The third-order valence-electron chi connectivity index (χ3n) is 1.46. The third-order valence-corrected chi connectivity index (χ3v) is 1.46. The van der Waals surface area contributed by atoms with Gasteiger partial charge in [0.1, 0.15) is 5.60 Å². The van der Waals surface area contributed by atoms with Crippen molar-refractivity contribution in [1.29, 1.82) is 0 Å². The Morgan fingerprint density at radius 3 is 2.55 bits per heavy atom. The minimum absolute atomic E-state index is 0.656. The maximum atomic E-state index is 9.50. The minimum Gasteiger partial charge on any atom is -0.384 e. The highest BCUT2D eigenvalue weighted by Gasteiger charge is 2.16. The van der Waals surface area contributed by atoms with E-state index >= 15 is 0 Å². The minimum atomic E-state index is -0.857. The fourth-order valence-electron chi connectivity index (χ4n) is 0.758. The van der Waals surface area contributed by atoms with E-state index in [4.69, 9.17) is 0 Å². The molecule has 1 aromatic heterocycles. The van der Waals surface area contributed by atoms with E-state index < -0.39 is 5.60 Å². The number of rotatable bonds is 1. The molecular formula is C9H12NO. The summed E-state index contributed by atoms with van der Waals surface area (Å²) in [5.74, 6) is 0. The normalized spacial score (nSPS) is 11.6. The Hall–Kier alpha value is -0.890. The Balaban J connectivity index is 2.99. The molecule has 0 spiro atoms. The number of hydrogen-bond donors (Lipinski definition) is 1. The van der Waals surface area contributed by atoms with Gasteiger partial charge < -0.3 is 5.11 Å². The molecule has 0 aliphatic heterocycles. The summed E-state index contributed by atoms with van der Waals surface area (Å²) in [5, 5.41) is 9.50. The highest BCUT2D eigenvalue weighted by atomic mass is 16.3. The number of aryl methyl sites for hydroxylation is 1. The van der Waals surface area contributed by atoms with E-state index in [1.54, 1.807) is 26.1 Å². The summed E-state index contributed by atoms with van der Waals surface area (Å²) in [4.78, 5) is 4.07. The van der Waals surface area contributed by atoms with Crippen LogP contribution in [0.3, 0.4) is 0 Å². The SMILES string of the molecule is Cc1[c]cc(C(C)(C)O)nc1. The van der Waals surface area contributed by atoms with Crippen LogP contribution in [-0.2, 0) is 5.60 Å². The molecule has 0 bridgehead atoms. The largest absolute Gasteiger partial charge is 0.384 e. The van der Waals surface area contributed by atoms with Crippen LogP contribution in [0.1, 0.15) is 25.1 Å². The van der Waals surface area contributed by atoms with E-state index in [1.165, 1.54) is 0 Å². The van der Waals surface area contributed by atoms with Gasteiger partial charge in [-0.25, -0.2) is 0 Å². The molecule has 0 saturated heterocycles. The molecule has 1 aromatic rings. The zero-order chi connectivity index (χ0) is 8.48. The molecule has 0 unspecified atom stereocenters. The summed E-state index contributed by atoms with van der Waals surface area (Å²) in [6, 6.07) is 4.70. The highest BCUT2D eigenvalue weighted by Crippen LogP contribution is 2.15. The molecule has 0 aliphatic carbocycles. The van der Waals surface area contributed by atoms with Gasteiger partial charge in [0.25, 0.3) is 0 Å². The molecule has 2 heteroatoms. The molecule has 2 nitrogen and oxygen atoms in total. The molecule has 0 saturated carbocycles. The lowest BCUT2D eigenvalue weighted by molar-refractivity contribution is 0.0738. The number of hydrogen-bond acceptors (Lipinski definition) is 2. The van der Waals surface area contributed by atoms with Crippen LogP contribution in [0.5, 0.6) is 0 Å². The van der Waals surface area contributed by atoms with E-state index in [0.717, 1.165) is 5.56 Å². The summed E-state index contributed by atoms with van der Waals surface area (Å²) in [7, 11) is 0. The second-order valence-electron chi connectivity index (χ2n) is 3.17. The van der Waals surface area contributed by atoms with Crippen molar-refractivity contribution < 1.29 is 5.11 Å². The van der Waals surface area contributed by atoms with Crippen LogP contribution in [0.2, 0.25) is 0 Å². The third kappa shape index (κ3) is 2.02. The molecule has 1 rings (SSSR count). The molecule has 0 fully saturated rings. The predicted molar refractivity (Wildman–Crippen MR) is 43.1 cm³/mol. The Morgan fingerprint density at radius 1 is 1.55 bits per heavy atom. The van der Waals surface area contributed by atoms with Gasteiger partial charge in [-0.2, -0.15) is 0 Å². The lowest BCUT2D eigenvalue weighted by Gasteiger charge is -2.15. The molecule has 1 heterocycles. The van der Waals surface area contributed by atoms with Crippen molar-refractivity contribution in [3.63, 3.8) is 0 Å². The van der Waals surface area contributed by atoms with E-state index in [0.29, 0.717) is 5.69 Å². The van der Waals surface area contributed by atoms with Gasteiger partial charge in [-0.15, -0.1) is 0 Å². The first kappa shape index (κ1) is 8.21. The van der Waals surface area contributed by atoms with E-state index in [9.17, 15) is 5.11 Å². The van der Waals surface area contributed by atoms with Crippen LogP contribution in [-0.4, -0.2) is 10.1 Å². The molecule has 1 radical (unpaired) electrons. The summed E-state index contributed by atoms with van der Waals surface area (Å²) in [6.45, 7) is 5.33. The molecule has 0 amide bonds. The summed E-state index contributed by atoms with van der Waals surface area (Å²) >= 11 is 0. The van der Waals surface area contributed by atoms with Crippen LogP contribution in [0.25, 0.3) is 0 Å². The Labute approximate surface area is 66.9 Å². The van der Waals surface area contributed by atoms with Gasteiger partial charge in [0, 0.05) is 6.20 Å². The van der Waals surface area contributed by atoms with E-state index in [2.05, 4.69) is 11.1 Å². The quantitative estimate of drug-likeness (QED) is 0.656. The fourth-order valence-corrected chi connectivity index (χ4v) is 0.758. The molecule has 0 aromatic carbocycles. The molecule has 0 atom stereocenters. The number of pyridine rings is 1. The first-order valence-electron chi connectivity index (χ1n) is 3.57. The van der Waals surface area contributed by atoms with Crippen molar-refractivity contribution in [2.75, 3.05) is 0 Å². The topological polar surface area (TPSA) is 33.1 Å². The molecule has 11 heavy (non-hydrogen) atoms. The average Bonchev–Trinajstić information content (AvgIpc) is 1.86. The summed E-state index contributed by atoms with van der Waals surface area (Å²) in [6.07, 6.45) is 1.70. The predicted octanol–water partition coefficient (Wildman–Crippen LogP) is 1.42. The summed E-state index contributed by atoms with van der Waals surface area (Å²) < 4.78 is 0. The smallest absolute Gasteiger partial charge is 0.101 e. The summed E-state index contributed by atoms with van der Waals surface area (Å²) in [5.41, 5.74) is 0.783. The van der Waals surface area contributed by atoms with Crippen molar-refractivity contribution in [3.8, 4) is 0 Å². The average molecular weight is 150 g/mol. The van der Waals surface area contributed by atoms with Gasteiger partial charge >= 0.3 is 0 Å². The van der Waals surface area contributed by atoms with Crippen LogP contribution in [0.4, 0.5) is 0 Å². The maximum absolute atomic E-state index is 9.50. The van der Waals surface area contributed by atoms with Crippen molar-refractivity contribution in [3.05, 3.63) is 29.6 Å². The second-order valence-corrected chi connectivity index (χ2v) is 3.17. The molecule has 1 N–H and O–H groups in total. The lowest BCUT2D eigenvalue weighted by Crippen LogP contribution is -2.17. The Kier molecular flexibility index (Phi) is 1.96. The van der Waals surface area contributed by atoms with Crippen LogP contribution in [0.15, 0.2) is 12.3 Å². The number of nitrogens with zero attached hydrogens (tertiary/aromatic N) is 1. The van der Waals surface area contributed by atoms with Gasteiger partial charge in [0.05, 0.1) is 5.69 Å². The fraction of sp³-hybridized carbons (Fsp3) is 0.444. The van der Waals surface area contributed by atoms with Crippen LogP contribution < -0.4 is 0 Å². The maximum Gasteiger partial charge on any atom is 0.101 e. The van der Waals surface area contributed by atoms with Gasteiger partial charge in [0.15, 0.2) is 0 Å². The van der Waals surface area contributed by atoms with Gasteiger partial charge in [-0.1, -0.05) is 0 Å². The molecule has 0 aliphatic rings. The van der Waals surface area contributed by atoms with Crippen molar-refractivity contribution >= 4 is 0 Å². The Bertz CT molecular complexity index is 233. The Morgan fingerprint density at radius 2 is 2.18 bits per heavy atom. The molecule has 59 valence electrons. The van der Waals surface area contributed by atoms with Crippen molar-refractivity contribution in [1.82, 2.24) is 4.98 Å². The van der Waals surface area contributed by atoms with Crippen LogP contribution >= 0.6 is 0 Å². The lowest BCUT2D eigenvalue weighted by atomic mass is 10.0. The standard InChI is InChI=1S/C9H12NO/c1-7-4-5-8(10-6-7)9(2,3)11/h5-6,11H,1-3H3. The zero-order valence-corrected chi connectivity index (χ0v) is 7.05. The van der Waals surface area contributed by atoms with Gasteiger partial charge in [0.2, 0.25) is 0 Å². The van der Waals surface area contributed by atoms with Gasteiger partial charge in [-0.05, 0) is 38.5 Å². The zero-order valence-electron chi connectivity index (χ0n) is 7.05. The van der Waals surface area contributed by atoms with Crippen molar-refractivity contribution in [2.45, 2.75) is 26.4 Å². The highest BCUT2D eigenvalue weighted by molar-refractivity contribution is 5.14. The van der Waals surface area contributed by atoms with Crippen LogP contribution in [0, 0.1) is 13.0 Å². The van der Waals surface area contributed by atoms with E-state index in [-0.39, 0.29) is 0 Å². The first-order chi connectivity index (χ1) is 5.00. The van der Waals surface area contributed by atoms with Crippen molar-refractivity contribution in [2.24, 2.45) is 0 Å². The molecular weight excluding hydrogens is 138 g/mol. The van der Waals surface area contributed by atoms with E-state index in [1.807, 2.05) is 6.92 Å². The monoisotopic (exact) mass is 150 g/mol. The number of aromatic nitrogens is 1. The first-order valence-corrected chi connectivity index (χ1v) is 3.57. The number of aliphatic hydroxyl groups is 1. The van der Waals surface area contributed by atoms with Gasteiger partial charge in [-0.3, -0.25) is 4.98 Å². The second kappa shape index (κ2) is 2.62.